The minimum Gasteiger partial charge on any atom is -0.347 e. The molecule has 5 rings (SSSR count). The maximum atomic E-state index is 13.3. The van der Waals surface area contributed by atoms with Gasteiger partial charge in [0.2, 0.25) is 0 Å². The van der Waals surface area contributed by atoms with Crippen LogP contribution in [0.15, 0.2) is 91.1 Å². The second kappa shape index (κ2) is 9.23. The van der Waals surface area contributed by atoms with Gasteiger partial charge in [0.1, 0.15) is 0 Å². The van der Waals surface area contributed by atoms with Crippen LogP contribution in [-0.2, 0) is 19.3 Å². The van der Waals surface area contributed by atoms with Crippen molar-refractivity contribution >= 4 is 21.7 Å². The van der Waals surface area contributed by atoms with Crippen molar-refractivity contribution in [3.8, 4) is 11.1 Å². The number of nitrogens with zero attached hydrogens (tertiary/aromatic N) is 1. The van der Waals surface area contributed by atoms with Gasteiger partial charge in [-0.25, -0.2) is 0 Å². The highest BCUT2D eigenvalue weighted by Crippen LogP contribution is 2.36. The molecule has 0 amide bonds. The average Bonchev–Trinajstić information content (AvgIpc) is 3.24. The Kier molecular flexibility index (Phi) is 6.12. The quantitative estimate of drug-likeness (QED) is 0.263. The zero-order valence-corrected chi connectivity index (χ0v) is 19.7. The van der Waals surface area contributed by atoms with E-state index in [9.17, 15) is 13.2 Å². The van der Waals surface area contributed by atoms with E-state index in [1.54, 1.807) is 6.07 Å². The first-order valence-electron chi connectivity index (χ1n) is 11.9. The van der Waals surface area contributed by atoms with E-state index in [4.69, 9.17) is 0 Å². The third-order valence-corrected chi connectivity index (χ3v) is 6.69. The number of fused-ring (bicyclic) bond motifs is 2. The first kappa shape index (κ1) is 23.2. The summed E-state index contributed by atoms with van der Waals surface area (Å²) >= 11 is 0. The predicted molar refractivity (Wildman–Crippen MR) is 137 cm³/mol. The van der Waals surface area contributed by atoms with E-state index < -0.39 is 11.7 Å². The van der Waals surface area contributed by atoms with Crippen molar-refractivity contribution in [2.24, 2.45) is 0 Å². The number of halogens is 3. The number of aromatic nitrogens is 1. The fourth-order valence-corrected chi connectivity index (χ4v) is 4.82. The van der Waals surface area contributed by atoms with Gasteiger partial charge in [0.15, 0.2) is 0 Å². The number of nitrogens with one attached hydrogen (secondary N) is 1. The van der Waals surface area contributed by atoms with Crippen molar-refractivity contribution < 1.29 is 13.2 Å². The molecule has 0 aliphatic heterocycles. The van der Waals surface area contributed by atoms with Gasteiger partial charge in [-0.05, 0) is 65.6 Å². The second-order valence-electron chi connectivity index (χ2n) is 8.93. The van der Waals surface area contributed by atoms with E-state index in [-0.39, 0.29) is 6.04 Å². The number of aryl methyl sites for hydroxylation is 1. The smallest absolute Gasteiger partial charge is 0.347 e. The first-order valence-corrected chi connectivity index (χ1v) is 11.9. The summed E-state index contributed by atoms with van der Waals surface area (Å²) in [6.07, 6.45) is -2.41. The maximum Gasteiger partial charge on any atom is 0.416 e. The monoisotopic (exact) mass is 472 g/mol. The summed E-state index contributed by atoms with van der Waals surface area (Å²) in [4.78, 5) is 0. The van der Waals surface area contributed by atoms with Crippen LogP contribution in [0.25, 0.3) is 32.8 Å². The fourth-order valence-electron chi connectivity index (χ4n) is 4.82. The zero-order chi connectivity index (χ0) is 24.6. The molecule has 4 aromatic carbocycles. The zero-order valence-electron chi connectivity index (χ0n) is 19.7. The van der Waals surface area contributed by atoms with E-state index in [0.29, 0.717) is 12.1 Å². The lowest BCUT2D eigenvalue weighted by atomic mass is 9.99. The molecule has 0 saturated heterocycles. The van der Waals surface area contributed by atoms with Gasteiger partial charge < -0.3 is 9.88 Å². The molecule has 1 N–H and O–H groups in total. The minimum absolute atomic E-state index is 0.139. The Morgan fingerprint density at radius 1 is 0.857 bits per heavy atom. The summed E-state index contributed by atoms with van der Waals surface area (Å²) in [5.41, 5.74) is 4.11. The van der Waals surface area contributed by atoms with Crippen LogP contribution in [0, 0.1) is 0 Å². The van der Waals surface area contributed by atoms with Crippen LogP contribution in [0.3, 0.4) is 0 Å². The fraction of sp³-hybridized carbons (Fsp3) is 0.200. The van der Waals surface area contributed by atoms with Crippen LogP contribution in [0.1, 0.15) is 36.6 Å². The molecule has 0 radical (unpaired) electrons. The highest BCUT2D eigenvalue weighted by Gasteiger charge is 2.30. The molecule has 1 heterocycles. The lowest BCUT2D eigenvalue weighted by Gasteiger charge is -2.17. The maximum absolute atomic E-state index is 13.3. The molecule has 1 atom stereocenters. The second-order valence-corrected chi connectivity index (χ2v) is 8.93. The molecule has 1 aromatic heterocycles. The Morgan fingerprint density at radius 2 is 1.63 bits per heavy atom. The van der Waals surface area contributed by atoms with Crippen LogP contribution in [0.5, 0.6) is 0 Å². The summed E-state index contributed by atoms with van der Waals surface area (Å²) in [7, 11) is 0. The molecule has 35 heavy (non-hydrogen) atoms. The lowest BCUT2D eigenvalue weighted by molar-refractivity contribution is -0.137. The van der Waals surface area contributed by atoms with Gasteiger partial charge in [0, 0.05) is 41.8 Å². The topological polar surface area (TPSA) is 17.0 Å². The normalized spacial score (nSPS) is 12.9. The van der Waals surface area contributed by atoms with Crippen LogP contribution in [0.2, 0.25) is 0 Å². The van der Waals surface area contributed by atoms with Crippen LogP contribution in [-0.4, -0.2) is 4.57 Å². The third kappa shape index (κ3) is 4.56. The highest BCUT2D eigenvalue weighted by atomic mass is 19.4. The van der Waals surface area contributed by atoms with Crippen molar-refractivity contribution in [1.29, 1.82) is 0 Å². The third-order valence-electron chi connectivity index (χ3n) is 6.69. The van der Waals surface area contributed by atoms with Crippen molar-refractivity contribution in [3.05, 3.63) is 108 Å². The van der Waals surface area contributed by atoms with E-state index in [1.807, 2.05) is 19.2 Å². The van der Waals surface area contributed by atoms with E-state index >= 15 is 0 Å². The van der Waals surface area contributed by atoms with Gasteiger partial charge in [-0.15, -0.1) is 0 Å². The van der Waals surface area contributed by atoms with Crippen molar-refractivity contribution in [2.45, 2.75) is 39.2 Å². The summed E-state index contributed by atoms with van der Waals surface area (Å²) in [5.74, 6) is 0. The molecule has 178 valence electrons. The van der Waals surface area contributed by atoms with Gasteiger partial charge in [0.25, 0.3) is 0 Å². The number of benzene rings is 4. The standard InChI is InChI=1S/C30H27F3N2/c1-3-35-19-28(23-10-6-11-24(17-23)30(31,32)33)27-16-21(14-15-29(27)35)18-34-20(2)25-13-7-9-22-8-4-5-12-26(22)25/h4-17,19-20,34H,3,18H2,1-2H3/t20-/m1/s1. The Labute approximate surface area is 203 Å². The largest absolute Gasteiger partial charge is 0.416 e. The molecule has 0 fully saturated rings. The van der Waals surface area contributed by atoms with Crippen molar-refractivity contribution in [1.82, 2.24) is 9.88 Å². The Bertz CT molecular complexity index is 1490. The van der Waals surface area contributed by atoms with Crippen molar-refractivity contribution in [3.63, 3.8) is 0 Å². The van der Waals surface area contributed by atoms with E-state index in [1.165, 1.54) is 28.5 Å². The molecule has 0 spiro atoms. The summed E-state index contributed by atoms with van der Waals surface area (Å²) in [6, 6.07) is 26.7. The summed E-state index contributed by atoms with van der Waals surface area (Å²) < 4.78 is 42.1. The number of hydrogen-bond donors (Lipinski definition) is 1. The van der Waals surface area contributed by atoms with Gasteiger partial charge >= 0.3 is 6.18 Å². The Balaban J connectivity index is 1.46. The summed E-state index contributed by atoms with van der Waals surface area (Å²) in [5, 5.41) is 7.04. The minimum atomic E-state index is -4.37. The van der Waals surface area contributed by atoms with Gasteiger partial charge in [-0.2, -0.15) is 13.2 Å². The number of alkyl halides is 3. The molecule has 0 aliphatic carbocycles. The van der Waals surface area contributed by atoms with Crippen LogP contribution in [0.4, 0.5) is 13.2 Å². The molecular formula is C30H27F3N2. The molecule has 0 bridgehead atoms. The molecular weight excluding hydrogens is 445 g/mol. The van der Waals surface area contributed by atoms with Crippen LogP contribution >= 0.6 is 0 Å². The molecule has 5 heteroatoms. The molecule has 0 unspecified atom stereocenters. The molecule has 5 aromatic rings. The Morgan fingerprint density at radius 3 is 2.43 bits per heavy atom. The number of rotatable bonds is 6. The average molecular weight is 473 g/mol. The molecule has 0 saturated carbocycles. The van der Waals surface area contributed by atoms with Crippen LogP contribution < -0.4 is 5.32 Å². The number of hydrogen-bond acceptors (Lipinski definition) is 1. The SMILES string of the molecule is CCn1cc(-c2cccc(C(F)(F)F)c2)c2cc(CN[C@H](C)c3cccc4ccccc34)ccc21. The Hall–Kier alpha value is -3.57. The van der Waals surface area contributed by atoms with E-state index in [2.05, 4.69) is 71.4 Å². The van der Waals surface area contributed by atoms with Gasteiger partial charge in [0.05, 0.1) is 5.56 Å². The predicted octanol–water partition coefficient (Wildman–Crippen LogP) is 8.35. The van der Waals surface area contributed by atoms with Gasteiger partial charge in [-0.3, -0.25) is 0 Å². The lowest BCUT2D eigenvalue weighted by Crippen LogP contribution is -2.18. The molecule has 2 nitrogen and oxygen atoms in total. The summed E-state index contributed by atoms with van der Waals surface area (Å²) in [6.45, 7) is 5.59. The van der Waals surface area contributed by atoms with E-state index in [0.717, 1.165) is 34.6 Å². The van der Waals surface area contributed by atoms with Gasteiger partial charge in [-0.1, -0.05) is 60.7 Å². The van der Waals surface area contributed by atoms with Crippen molar-refractivity contribution in [2.75, 3.05) is 0 Å². The first-order chi connectivity index (χ1) is 16.8. The highest BCUT2D eigenvalue weighted by molar-refractivity contribution is 5.96. The molecule has 0 aliphatic rings.